The van der Waals surface area contributed by atoms with Crippen molar-refractivity contribution in [3.63, 3.8) is 0 Å². The largest absolute Gasteiger partial charge is 0.309 e. The average Bonchev–Trinajstić information content (AvgIpc) is 3.46. The van der Waals surface area contributed by atoms with E-state index in [0.717, 1.165) is 49.7 Å². The number of fused-ring (bicyclic) bond motifs is 3. The van der Waals surface area contributed by atoms with Gasteiger partial charge in [0, 0.05) is 27.6 Å². The van der Waals surface area contributed by atoms with Gasteiger partial charge in [-0.1, -0.05) is 78.9 Å². The summed E-state index contributed by atoms with van der Waals surface area (Å²) >= 11 is 0. The number of hydrogen-bond donors (Lipinski definition) is 0. The van der Waals surface area contributed by atoms with Gasteiger partial charge in [0.2, 0.25) is 0 Å². The van der Waals surface area contributed by atoms with Crippen LogP contribution in [-0.4, -0.2) is 4.57 Å². The van der Waals surface area contributed by atoms with Gasteiger partial charge in [-0.3, -0.25) is 0 Å². The van der Waals surface area contributed by atoms with Gasteiger partial charge in [0.15, 0.2) is 0 Å². The van der Waals surface area contributed by atoms with Crippen LogP contribution in [0, 0.1) is 45.3 Å². The highest BCUT2D eigenvalue weighted by molar-refractivity contribution is 6.21. The van der Waals surface area contributed by atoms with E-state index >= 15 is 0 Å². The fraction of sp³-hybridized carbons (Fsp3) is 0. The summed E-state index contributed by atoms with van der Waals surface area (Å²) in [6, 6.07) is 49.7. The third kappa shape index (κ3) is 4.29. The first-order chi connectivity index (χ1) is 22.2. The first kappa shape index (κ1) is 26.9. The zero-order valence-electron chi connectivity index (χ0n) is 23.9. The van der Waals surface area contributed by atoms with Crippen molar-refractivity contribution >= 4 is 21.8 Å². The molecule has 1 aromatic heterocycles. The zero-order valence-corrected chi connectivity index (χ0v) is 23.9. The van der Waals surface area contributed by atoms with Gasteiger partial charge >= 0.3 is 0 Å². The molecule has 1 heterocycles. The highest BCUT2D eigenvalue weighted by atomic mass is 15.0. The summed E-state index contributed by atoms with van der Waals surface area (Å²) in [5.74, 6) is 0. The SMILES string of the molecule is N#Cc1cccc(C#N)c1-c1cccc2c1c1c(-c3c(C#N)cccc3C#N)cccc1n2-c1ccc(-c2ccccc2)cc1. The molecule has 0 amide bonds. The normalized spacial score (nSPS) is 10.6. The van der Waals surface area contributed by atoms with E-state index in [0.29, 0.717) is 33.4 Å². The standard InChI is InChI=1S/C40H21N5/c41-22-28-10-4-11-29(23-42)37(28)33-14-6-16-35-39(33)40-34(38-30(24-43)12-5-13-31(38)25-44)15-7-17-36(40)45(35)32-20-18-27(19-21-32)26-8-2-1-3-9-26/h1-21H. The Hall–Kier alpha value is -6.92. The van der Waals surface area contributed by atoms with Crippen LogP contribution in [0.1, 0.15) is 22.3 Å². The molecule has 45 heavy (non-hydrogen) atoms. The maximum Gasteiger partial charge on any atom is 0.0998 e. The fourth-order valence-electron chi connectivity index (χ4n) is 6.29. The quantitative estimate of drug-likeness (QED) is 0.210. The molecule has 206 valence electrons. The maximum atomic E-state index is 10.1. The van der Waals surface area contributed by atoms with Crippen molar-refractivity contribution in [2.75, 3.05) is 0 Å². The van der Waals surface area contributed by atoms with Gasteiger partial charge in [-0.05, 0) is 70.8 Å². The summed E-state index contributed by atoms with van der Waals surface area (Å²) in [5.41, 5.74) is 8.98. The van der Waals surface area contributed by atoms with Crippen LogP contribution >= 0.6 is 0 Å². The summed E-state index contributed by atoms with van der Waals surface area (Å²) in [7, 11) is 0. The van der Waals surface area contributed by atoms with Crippen molar-refractivity contribution in [1.82, 2.24) is 4.57 Å². The molecule has 0 N–H and O–H groups in total. The second-order valence-corrected chi connectivity index (χ2v) is 10.6. The molecular weight excluding hydrogens is 550 g/mol. The molecule has 0 aliphatic carbocycles. The van der Waals surface area contributed by atoms with Gasteiger partial charge in [0.1, 0.15) is 0 Å². The Labute approximate surface area is 259 Å². The van der Waals surface area contributed by atoms with Gasteiger partial charge in [0.25, 0.3) is 0 Å². The van der Waals surface area contributed by atoms with Crippen LogP contribution < -0.4 is 0 Å². The van der Waals surface area contributed by atoms with Crippen molar-refractivity contribution < 1.29 is 0 Å². The predicted molar refractivity (Wildman–Crippen MR) is 176 cm³/mol. The molecule has 7 rings (SSSR count). The highest BCUT2D eigenvalue weighted by Gasteiger charge is 2.23. The van der Waals surface area contributed by atoms with E-state index in [1.807, 2.05) is 54.6 Å². The Morgan fingerprint density at radius 1 is 0.378 bits per heavy atom. The van der Waals surface area contributed by atoms with Crippen LogP contribution in [-0.2, 0) is 0 Å². The highest BCUT2D eigenvalue weighted by Crippen LogP contribution is 2.45. The van der Waals surface area contributed by atoms with Crippen LogP contribution in [0.2, 0.25) is 0 Å². The average molecular weight is 572 g/mol. The minimum absolute atomic E-state index is 0.391. The summed E-state index contributed by atoms with van der Waals surface area (Å²) in [6.45, 7) is 0. The number of nitriles is 4. The Morgan fingerprint density at radius 2 is 0.778 bits per heavy atom. The third-order valence-electron chi connectivity index (χ3n) is 8.20. The van der Waals surface area contributed by atoms with Crippen molar-refractivity contribution in [2.24, 2.45) is 0 Å². The maximum absolute atomic E-state index is 10.1. The number of hydrogen-bond acceptors (Lipinski definition) is 4. The minimum Gasteiger partial charge on any atom is -0.309 e. The van der Waals surface area contributed by atoms with Crippen LogP contribution in [0.4, 0.5) is 0 Å². The van der Waals surface area contributed by atoms with Crippen molar-refractivity contribution in [3.8, 4) is 63.3 Å². The lowest BCUT2D eigenvalue weighted by Gasteiger charge is -2.12. The summed E-state index contributed by atoms with van der Waals surface area (Å²) in [5, 5.41) is 42.1. The Bertz CT molecular complexity index is 2260. The van der Waals surface area contributed by atoms with Gasteiger partial charge in [-0.15, -0.1) is 0 Å². The molecule has 0 atom stereocenters. The van der Waals surface area contributed by atoms with Gasteiger partial charge in [0.05, 0.1) is 57.6 Å². The Kier molecular flexibility index (Phi) is 6.62. The lowest BCUT2D eigenvalue weighted by Crippen LogP contribution is -1.95. The van der Waals surface area contributed by atoms with Crippen molar-refractivity contribution in [2.45, 2.75) is 0 Å². The molecule has 0 spiro atoms. The predicted octanol–water partition coefficient (Wildman–Crippen LogP) is 9.27. The second kappa shape index (κ2) is 11.1. The minimum atomic E-state index is 0.391. The van der Waals surface area contributed by atoms with Gasteiger partial charge in [-0.2, -0.15) is 21.0 Å². The molecule has 0 bridgehead atoms. The molecule has 0 aliphatic rings. The van der Waals surface area contributed by atoms with Crippen molar-refractivity contribution in [3.05, 3.63) is 150 Å². The monoisotopic (exact) mass is 571 g/mol. The summed E-state index contributed by atoms with van der Waals surface area (Å²) < 4.78 is 2.16. The first-order valence-electron chi connectivity index (χ1n) is 14.3. The van der Waals surface area contributed by atoms with Crippen LogP contribution in [0.25, 0.3) is 60.9 Å². The fourth-order valence-corrected chi connectivity index (χ4v) is 6.29. The van der Waals surface area contributed by atoms with Crippen LogP contribution in [0.3, 0.4) is 0 Å². The number of nitrogens with zero attached hydrogens (tertiary/aromatic N) is 5. The molecular formula is C40H21N5. The van der Waals surface area contributed by atoms with E-state index in [2.05, 4.69) is 65.2 Å². The van der Waals surface area contributed by atoms with Crippen LogP contribution in [0.5, 0.6) is 0 Å². The number of rotatable bonds is 4. The first-order valence-corrected chi connectivity index (χ1v) is 14.3. The van der Waals surface area contributed by atoms with Crippen LogP contribution in [0.15, 0.2) is 127 Å². The molecule has 0 unspecified atom stereocenters. The molecule has 0 saturated heterocycles. The molecule has 6 aromatic carbocycles. The molecule has 0 aliphatic heterocycles. The summed E-state index contributed by atoms with van der Waals surface area (Å²) in [6.07, 6.45) is 0. The molecule has 5 nitrogen and oxygen atoms in total. The lowest BCUT2D eigenvalue weighted by atomic mass is 9.88. The molecule has 0 fully saturated rings. The van der Waals surface area contributed by atoms with E-state index in [1.165, 1.54) is 0 Å². The van der Waals surface area contributed by atoms with Gasteiger partial charge < -0.3 is 4.57 Å². The van der Waals surface area contributed by atoms with Gasteiger partial charge in [-0.25, -0.2) is 0 Å². The van der Waals surface area contributed by atoms with E-state index < -0.39 is 0 Å². The smallest absolute Gasteiger partial charge is 0.0998 e. The number of benzene rings is 6. The Balaban J connectivity index is 1.64. The summed E-state index contributed by atoms with van der Waals surface area (Å²) in [4.78, 5) is 0. The van der Waals surface area contributed by atoms with Crippen molar-refractivity contribution in [1.29, 1.82) is 21.0 Å². The van der Waals surface area contributed by atoms with E-state index in [9.17, 15) is 21.0 Å². The molecule has 5 heteroatoms. The van der Waals surface area contributed by atoms with E-state index in [1.54, 1.807) is 36.4 Å². The van der Waals surface area contributed by atoms with E-state index in [-0.39, 0.29) is 0 Å². The topological polar surface area (TPSA) is 100 Å². The molecule has 7 aromatic rings. The van der Waals surface area contributed by atoms with E-state index in [4.69, 9.17) is 0 Å². The number of aromatic nitrogens is 1. The Morgan fingerprint density at radius 3 is 1.20 bits per heavy atom. The third-order valence-corrected chi connectivity index (χ3v) is 8.20. The molecule has 0 saturated carbocycles. The second-order valence-electron chi connectivity index (χ2n) is 10.6. The molecule has 0 radical (unpaired) electrons. The lowest BCUT2D eigenvalue weighted by molar-refractivity contribution is 1.18. The zero-order chi connectivity index (χ0) is 30.9.